The summed E-state index contributed by atoms with van der Waals surface area (Å²) in [7, 11) is 0. The van der Waals surface area contributed by atoms with Crippen molar-refractivity contribution in [3.05, 3.63) is 108 Å². The van der Waals surface area contributed by atoms with Gasteiger partial charge in [0.2, 0.25) is 5.91 Å². The molecule has 27 heavy (non-hydrogen) atoms. The Balaban J connectivity index is 1.65. The van der Waals surface area contributed by atoms with E-state index in [1.807, 2.05) is 73.7 Å². The predicted octanol–water partition coefficient (Wildman–Crippen LogP) is 4.57. The van der Waals surface area contributed by atoms with Crippen molar-refractivity contribution < 1.29 is 4.79 Å². The van der Waals surface area contributed by atoms with E-state index in [4.69, 9.17) is 0 Å². The number of nitrogens with one attached hydrogen (secondary N) is 1. The van der Waals surface area contributed by atoms with Gasteiger partial charge in [-0.05, 0) is 23.6 Å². The van der Waals surface area contributed by atoms with Crippen LogP contribution in [0.2, 0.25) is 0 Å². The van der Waals surface area contributed by atoms with Crippen molar-refractivity contribution in [1.82, 2.24) is 10.2 Å². The van der Waals surface area contributed by atoms with E-state index in [0.29, 0.717) is 6.54 Å². The first kappa shape index (κ1) is 18.9. The van der Waals surface area contributed by atoms with Crippen molar-refractivity contribution in [2.24, 2.45) is 0 Å². The lowest BCUT2D eigenvalue weighted by molar-refractivity contribution is -0.123. The van der Waals surface area contributed by atoms with E-state index in [9.17, 15) is 4.79 Å². The maximum Gasteiger partial charge on any atom is 0.234 e. The van der Waals surface area contributed by atoms with E-state index in [0.717, 1.165) is 18.7 Å². The lowest BCUT2D eigenvalue weighted by Gasteiger charge is -2.23. The molecule has 0 aliphatic carbocycles. The van der Waals surface area contributed by atoms with Crippen LogP contribution in [0, 0.1) is 0 Å². The summed E-state index contributed by atoms with van der Waals surface area (Å²) in [6.07, 6.45) is 0. The summed E-state index contributed by atoms with van der Waals surface area (Å²) in [4.78, 5) is 14.8. The second-order valence-electron chi connectivity index (χ2n) is 6.82. The van der Waals surface area contributed by atoms with Gasteiger partial charge in [0.1, 0.15) is 0 Å². The highest BCUT2D eigenvalue weighted by Crippen LogP contribution is 2.13. The van der Waals surface area contributed by atoms with Crippen LogP contribution in [0.3, 0.4) is 0 Å². The molecule has 0 unspecified atom stereocenters. The molecule has 0 fully saturated rings. The largest absolute Gasteiger partial charge is 0.348 e. The first-order valence-electron chi connectivity index (χ1n) is 9.35. The van der Waals surface area contributed by atoms with E-state index < -0.39 is 0 Å². The van der Waals surface area contributed by atoms with Crippen LogP contribution >= 0.6 is 0 Å². The minimum Gasteiger partial charge on any atom is -0.348 e. The molecule has 0 aliphatic heterocycles. The Labute approximate surface area is 161 Å². The second-order valence-corrected chi connectivity index (χ2v) is 6.82. The Kier molecular flexibility index (Phi) is 6.78. The van der Waals surface area contributed by atoms with Crippen LogP contribution in [0.5, 0.6) is 0 Å². The molecule has 1 N–H and O–H groups in total. The van der Waals surface area contributed by atoms with E-state index >= 15 is 0 Å². The van der Waals surface area contributed by atoms with Crippen molar-refractivity contribution in [3.8, 4) is 0 Å². The third-order valence-corrected chi connectivity index (χ3v) is 4.54. The van der Waals surface area contributed by atoms with Gasteiger partial charge in [-0.25, -0.2) is 0 Å². The first-order valence-corrected chi connectivity index (χ1v) is 9.35. The summed E-state index contributed by atoms with van der Waals surface area (Å²) < 4.78 is 0. The summed E-state index contributed by atoms with van der Waals surface area (Å²) in [6.45, 7) is 3.86. The fourth-order valence-electron chi connectivity index (χ4n) is 3.17. The van der Waals surface area contributed by atoms with Crippen LogP contribution in [0.1, 0.15) is 29.7 Å². The number of hydrogen-bond donors (Lipinski definition) is 1. The van der Waals surface area contributed by atoms with E-state index in [-0.39, 0.29) is 11.9 Å². The van der Waals surface area contributed by atoms with Crippen LogP contribution in [-0.2, 0) is 17.9 Å². The van der Waals surface area contributed by atoms with Gasteiger partial charge in [0.05, 0.1) is 12.6 Å². The van der Waals surface area contributed by atoms with Gasteiger partial charge in [-0.1, -0.05) is 91.0 Å². The predicted molar refractivity (Wildman–Crippen MR) is 110 cm³/mol. The van der Waals surface area contributed by atoms with Crippen molar-refractivity contribution in [3.63, 3.8) is 0 Å². The topological polar surface area (TPSA) is 32.3 Å². The number of amides is 1. The number of rotatable bonds is 8. The molecule has 3 rings (SSSR count). The van der Waals surface area contributed by atoms with Crippen LogP contribution in [0.25, 0.3) is 0 Å². The number of benzene rings is 3. The third kappa shape index (κ3) is 6.08. The van der Waals surface area contributed by atoms with Crippen molar-refractivity contribution in [2.45, 2.75) is 26.1 Å². The normalized spacial score (nSPS) is 11.9. The van der Waals surface area contributed by atoms with E-state index in [1.54, 1.807) is 0 Å². The van der Waals surface area contributed by atoms with Crippen molar-refractivity contribution in [1.29, 1.82) is 0 Å². The van der Waals surface area contributed by atoms with Gasteiger partial charge in [-0.3, -0.25) is 9.69 Å². The maximum atomic E-state index is 12.7. The average Bonchev–Trinajstić information content (AvgIpc) is 2.70. The fraction of sp³-hybridized carbons (Fsp3) is 0.208. The molecule has 0 aliphatic rings. The molecular formula is C24H26N2O. The van der Waals surface area contributed by atoms with Crippen LogP contribution in [0.15, 0.2) is 91.0 Å². The monoisotopic (exact) mass is 358 g/mol. The summed E-state index contributed by atoms with van der Waals surface area (Å²) >= 11 is 0. The number of nitrogens with zero attached hydrogens (tertiary/aromatic N) is 1. The molecule has 0 saturated heterocycles. The fourth-order valence-corrected chi connectivity index (χ4v) is 3.17. The molecule has 0 saturated carbocycles. The van der Waals surface area contributed by atoms with Crippen LogP contribution < -0.4 is 5.32 Å². The molecule has 3 heteroatoms. The molecule has 0 bridgehead atoms. The van der Waals surface area contributed by atoms with Gasteiger partial charge < -0.3 is 5.32 Å². The molecule has 3 aromatic rings. The highest BCUT2D eigenvalue weighted by Gasteiger charge is 2.15. The third-order valence-electron chi connectivity index (χ3n) is 4.54. The highest BCUT2D eigenvalue weighted by molar-refractivity contribution is 5.78. The number of hydrogen-bond acceptors (Lipinski definition) is 2. The number of carbonyl (C=O) groups is 1. The molecule has 0 spiro atoms. The van der Waals surface area contributed by atoms with Crippen LogP contribution in [-0.4, -0.2) is 17.4 Å². The zero-order valence-corrected chi connectivity index (χ0v) is 15.7. The van der Waals surface area contributed by atoms with Gasteiger partial charge in [-0.15, -0.1) is 0 Å². The summed E-state index contributed by atoms with van der Waals surface area (Å²) in [5, 5.41) is 3.12. The van der Waals surface area contributed by atoms with E-state index in [1.165, 1.54) is 11.1 Å². The second kappa shape index (κ2) is 9.70. The zero-order chi connectivity index (χ0) is 18.9. The minimum absolute atomic E-state index is 0.00556. The summed E-state index contributed by atoms with van der Waals surface area (Å²) in [5.41, 5.74) is 3.53. The lowest BCUT2D eigenvalue weighted by atomic mass is 10.1. The maximum absolute atomic E-state index is 12.7. The first-order chi connectivity index (χ1) is 13.2. The molecule has 1 atom stereocenters. The zero-order valence-electron chi connectivity index (χ0n) is 15.7. The Morgan fingerprint density at radius 1 is 0.778 bits per heavy atom. The highest BCUT2D eigenvalue weighted by atomic mass is 16.2. The Morgan fingerprint density at radius 3 is 1.70 bits per heavy atom. The minimum atomic E-state index is -0.00556. The molecule has 1 amide bonds. The molecule has 138 valence electrons. The quantitative estimate of drug-likeness (QED) is 0.640. The van der Waals surface area contributed by atoms with Gasteiger partial charge in [0.15, 0.2) is 0 Å². The smallest absolute Gasteiger partial charge is 0.234 e. The van der Waals surface area contributed by atoms with Crippen molar-refractivity contribution >= 4 is 5.91 Å². The molecule has 3 aromatic carbocycles. The SMILES string of the molecule is C[C@@H](NC(=O)CN(Cc1ccccc1)Cc1ccccc1)c1ccccc1. The molecule has 0 heterocycles. The van der Waals surface area contributed by atoms with Gasteiger partial charge >= 0.3 is 0 Å². The standard InChI is InChI=1S/C24H26N2O/c1-20(23-15-9-4-10-16-23)25-24(27)19-26(17-21-11-5-2-6-12-21)18-22-13-7-3-8-14-22/h2-16,20H,17-19H2,1H3,(H,25,27)/t20-/m1/s1. The summed E-state index contributed by atoms with van der Waals surface area (Å²) in [5.74, 6) is 0.0400. The van der Waals surface area contributed by atoms with E-state index in [2.05, 4.69) is 34.5 Å². The summed E-state index contributed by atoms with van der Waals surface area (Å²) in [6, 6.07) is 30.6. The molecule has 3 nitrogen and oxygen atoms in total. The Morgan fingerprint density at radius 2 is 1.22 bits per heavy atom. The van der Waals surface area contributed by atoms with Crippen LogP contribution in [0.4, 0.5) is 0 Å². The van der Waals surface area contributed by atoms with Gasteiger partial charge in [-0.2, -0.15) is 0 Å². The van der Waals surface area contributed by atoms with Gasteiger partial charge in [0, 0.05) is 13.1 Å². The lowest BCUT2D eigenvalue weighted by Crippen LogP contribution is -2.37. The molecular weight excluding hydrogens is 332 g/mol. The average molecular weight is 358 g/mol. The van der Waals surface area contributed by atoms with Crippen molar-refractivity contribution in [2.75, 3.05) is 6.54 Å². The van der Waals surface area contributed by atoms with Gasteiger partial charge in [0.25, 0.3) is 0 Å². The Bertz CT molecular complexity index is 777. The Hall–Kier alpha value is -2.91. The molecule has 0 aromatic heterocycles. The number of carbonyl (C=O) groups excluding carboxylic acids is 1. The molecule has 0 radical (unpaired) electrons.